The van der Waals surface area contributed by atoms with E-state index in [0.29, 0.717) is 5.69 Å². The van der Waals surface area contributed by atoms with Crippen molar-refractivity contribution in [2.24, 2.45) is 7.05 Å². The Bertz CT molecular complexity index is 549. The van der Waals surface area contributed by atoms with Crippen LogP contribution in [0.1, 0.15) is 31.3 Å². The number of rotatable bonds is 3. The van der Waals surface area contributed by atoms with Crippen LogP contribution in [0.5, 0.6) is 0 Å². The van der Waals surface area contributed by atoms with Gasteiger partial charge in [0.1, 0.15) is 5.69 Å². The van der Waals surface area contributed by atoms with E-state index in [9.17, 15) is 4.79 Å². The first-order valence-corrected chi connectivity index (χ1v) is 5.90. The van der Waals surface area contributed by atoms with E-state index < -0.39 is 0 Å². The summed E-state index contributed by atoms with van der Waals surface area (Å²) in [4.78, 5) is 12.0. The molecule has 0 aromatic carbocycles. The lowest BCUT2D eigenvalue weighted by molar-refractivity contribution is 0.0366. The largest absolute Gasteiger partial charge is 0.458 e. The number of esters is 1. The smallest absolute Gasteiger partial charge is 0.355 e. The molecule has 0 N–H and O–H groups in total. The van der Waals surface area contributed by atoms with Gasteiger partial charge in [-0.05, 0) is 32.9 Å². The van der Waals surface area contributed by atoms with Gasteiger partial charge in [-0.3, -0.25) is 0 Å². The predicted octanol–water partition coefficient (Wildman–Crippen LogP) is 2.56. The normalized spacial score (nSPS) is 11.4. The van der Waals surface area contributed by atoms with Crippen LogP contribution in [0.3, 0.4) is 0 Å². The summed E-state index contributed by atoms with van der Waals surface area (Å²) in [6, 6.07) is 3.91. The van der Waals surface area contributed by atoms with Crippen molar-refractivity contribution in [1.82, 2.24) is 9.13 Å². The van der Waals surface area contributed by atoms with Crippen molar-refractivity contribution < 1.29 is 9.53 Å². The molecule has 0 unspecified atom stereocenters. The van der Waals surface area contributed by atoms with Gasteiger partial charge in [-0.2, -0.15) is 0 Å². The summed E-state index contributed by atoms with van der Waals surface area (Å²) in [5.41, 5.74) is 2.76. The molecule has 0 fully saturated rings. The highest BCUT2D eigenvalue weighted by Crippen LogP contribution is 2.21. The van der Waals surface area contributed by atoms with Crippen molar-refractivity contribution in [2.75, 3.05) is 0 Å². The minimum absolute atomic E-state index is 0.0918. The van der Waals surface area contributed by atoms with E-state index in [0.717, 1.165) is 17.6 Å². The van der Waals surface area contributed by atoms with E-state index in [2.05, 4.69) is 0 Å². The van der Waals surface area contributed by atoms with Crippen LogP contribution < -0.4 is 0 Å². The van der Waals surface area contributed by atoms with Crippen molar-refractivity contribution in [3.8, 4) is 0 Å². The summed E-state index contributed by atoms with van der Waals surface area (Å²) in [7, 11) is 1.97. The molecule has 2 aromatic rings. The number of fused-ring (bicyclic) bond motifs is 1. The van der Waals surface area contributed by atoms with Crippen molar-refractivity contribution >= 4 is 17.0 Å². The Morgan fingerprint density at radius 1 is 1.41 bits per heavy atom. The third-order valence-electron chi connectivity index (χ3n) is 2.82. The summed E-state index contributed by atoms with van der Waals surface area (Å²) < 4.78 is 9.24. The molecule has 2 aromatic heterocycles. The maximum Gasteiger partial charge on any atom is 0.355 e. The zero-order valence-corrected chi connectivity index (χ0v) is 10.7. The maximum atomic E-state index is 12.0. The molecule has 0 bridgehead atoms. The predicted molar refractivity (Wildman–Crippen MR) is 67.1 cm³/mol. The number of ether oxygens (including phenoxy) is 1. The fraction of sp³-hybridized carbons (Fsp3) is 0.462. The zero-order valence-electron chi connectivity index (χ0n) is 10.7. The summed E-state index contributed by atoms with van der Waals surface area (Å²) in [6.45, 7) is 6.50. The van der Waals surface area contributed by atoms with Gasteiger partial charge in [0.15, 0.2) is 0 Å². The monoisotopic (exact) mass is 234 g/mol. The van der Waals surface area contributed by atoms with Crippen molar-refractivity contribution in [2.45, 2.75) is 33.4 Å². The average molecular weight is 234 g/mol. The van der Waals surface area contributed by atoms with E-state index in [1.807, 2.05) is 55.3 Å². The quantitative estimate of drug-likeness (QED) is 0.765. The van der Waals surface area contributed by atoms with Crippen LogP contribution >= 0.6 is 0 Å². The molecule has 0 saturated carbocycles. The first-order chi connectivity index (χ1) is 8.04. The molecular weight excluding hydrogens is 216 g/mol. The second-order valence-corrected chi connectivity index (χ2v) is 4.43. The molecule has 2 rings (SSSR count). The molecule has 17 heavy (non-hydrogen) atoms. The van der Waals surface area contributed by atoms with Crippen LogP contribution in [0.15, 0.2) is 18.3 Å². The fourth-order valence-corrected chi connectivity index (χ4v) is 2.05. The van der Waals surface area contributed by atoms with Crippen molar-refractivity contribution in [3.05, 3.63) is 24.0 Å². The third-order valence-corrected chi connectivity index (χ3v) is 2.82. The zero-order chi connectivity index (χ0) is 12.6. The first-order valence-electron chi connectivity index (χ1n) is 5.90. The molecule has 0 amide bonds. The SMILES string of the molecule is CCn1c(C(=O)OC(C)C)cc2c1ccn2C. The van der Waals surface area contributed by atoms with Crippen LogP contribution in [-0.2, 0) is 18.3 Å². The molecular formula is C13H18N2O2. The van der Waals surface area contributed by atoms with E-state index >= 15 is 0 Å². The van der Waals surface area contributed by atoms with Crippen molar-refractivity contribution in [3.63, 3.8) is 0 Å². The Morgan fingerprint density at radius 3 is 2.71 bits per heavy atom. The molecule has 0 radical (unpaired) electrons. The van der Waals surface area contributed by atoms with Gasteiger partial charge in [-0.25, -0.2) is 4.79 Å². The molecule has 0 aliphatic carbocycles. The Morgan fingerprint density at radius 2 is 2.12 bits per heavy atom. The lowest BCUT2D eigenvalue weighted by atomic mass is 10.4. The highest BCUT2D eigenvalue weighted by molar-refractivity contribution is 5.94. The summed E-state index contributed by atoms with van der Waals surface area (Å²) in [6.07, 6.45) is 1.90. The lowest BCUT2D eigenvalue weighted by Gasteiger charge is -2.09. The van der Waals surface area contributed by atoms with Gasteiger partial charge in [0.25, 0.3) is 0 Å². The van der Waals surface area contributed by atoms with Gasteiger partial charge in [0.2, 0.25) is 0 Å². The van der Waals surface area contributed by atoms with E-state index in [1.54, 1.807) is 0 Å². The van der Waals surface area contributed by atoms with E-state index in [1.165, 1.54) is 0 Å². The standard InChI is InChI=1S/C13H18N2O2/c1-5-15-10-6-7-14(4)11(10)8-12(15)13(16)17-9(2)3/h6-9H,5H2,1-4H3. The number of aromatic nitrogens is 2. The molecule has 0 atom stereocenters. The summed E-state index contributed by atoms with van der Waals surface area (Å²) in [5.74, 6) is -0.252. The molecule has 4 nitrogen and oxygen atoms in total. The molecule has 0 saturated heterocycles. The van der Waals surface area contributed by atoms with Crippen LogP contribution in [0.25, 0.3) is 11.0 Å². The molecule has 2 heterocycles. The van der Waals surface area contributed by atoms with Crippen LogP contribution in [0.2, 0.25) is 0 Å². The summed E-state index contributed by atoms with van der Waals surface area (Å²) >= 11 is 0. The average Bonchev–Trinajstić information content (AvgIpc) is 2.77. The minimum Gasteiger partial charge on any atom is -0.458 e. The second-order valence-electron chi connectivity index (χ2n) is 4.43. The van der Waals surface area contributed by atoms with Gasteiger partial charge in [-0.1, -0.05) is 0 Å². The first kappa shape index (κ1) is 11.8. The fourth-order valence-electron chi connectivity index (χ4n) is 2.05. The number of carbonyl (C=O) groups excluding carboxylic acids is 1. The molecule has 0 spiro atoms. The number of hydrogen-bond donors (Lipinski definition) is 0. The second kappa shape index (κ2) is 4.28. The van der Waals surface area contributed by atoms with E-state index in [-0.39, 0.29) is 12.1 Å². The number of aryl methyl sites for hydroxylation is 2. The number of carbonyl (C=O) groups is 1. The molecule has 92 valence electrons. The number of hydrogen-bond acceptors (Lipinski definition) is 2. The topological polar surface area (TPSA) is 36.2 Å². The Balaban J connectivity index is 2.49. The third kappa shape index (κ3) is 1.95. The lowest BCUT2D eigenvalue weighted by Crippen LogP contribution is -2.15. The van der Waals surface area contributed by atoms with Gasteiger partial charge in [0.05, 0.1) is 17.1 Å². The van der Waals surface area contributed by atoms with Gasteiger partial charge >= 0.3 is 5.97 Å². The van der Waals surface area contributed by atoms with Crippen LogP contribution in [-0.4, -0.2) is 21.2 Å². The maximum absolute atomic E-state index is 12.0. The Hall–Kier alpha value is -1.71. The van der Waals surface area contributed by atoms with Crippen LogP contribution in [0, 0.1) is 0 Å². The van der Waals surface area contributed by atoms with Crippen LogP contribution in [0.4, 0.5) is 0 Å². The van der Waals surface area contributed by atoms with E-state index in [4.69, 9.17) is 4.74 Å². The van der Waals surface area contributed by atoms with Gasteiger partial charge in [0, 0.05) is 19.8 Å². The Labute approximate surface area is 101 Å². The highest BCUT2D eigenvalue weighted by Gasteiger charge is 2.18. The molecule has 0 aliphatic rings. The van der Waals surface area contributed by atoms with Crippen molar-refractivity contribution in [1.29, 1.82) is 0 Å². The Kier molecular flexibility index (Phi) is 2.96. The minimum atomic E-state index is -0.252. The highest BCUT2D eigenvalue weighted by atomic mass is 16.5. The molecule has 0 aliphatic heterocycles. The van der Waals surface area contributed by atoms with Gasteiger partial charge in [-0.15, -0.1) is 0 Å². The summed E-state index contributed by atoms with van der Waals surface area (Å²) in [5, 5.41) is 0. The van der Waals surface area contributed by atoms with Gasteiger partial charge < -0.3 is 13.9 Å². The molecule has 4 heteroatoms. The number of nitrogens with zero attached hydrogens (tertiary/aromatic N) is 2.